The average molecular weight is 560 g/mol. The third kappa shape index (κ3) is 5.09. The van der Waals surface area contributed by atoms with Crippen molar-refractivity contribution in [2.24, 2.45) is 11.8 Å². The van der Waals surface area contributed by atoms with Crippen LogP contribution in [0.5, 0.6) is 0 Å². The van der Waals surface area contributed by atoms with Gasteiger partial charge >= 0.3 is 6.18 Å². The highest BCUT2D eigenvalue weighted by molar-refractivity contribution is 7.89. The van der Waals surface area contributed by atoms with E-state index in [4.69, 9.17) is 0 Å². The summed E-state index contributed by atoms with van der Waals surface area (Å²) in [7, 11) is -4.07. The maximum atomic E-state index is 13.4. The zero-order valence-electron chi connectivity index (χ0n) is 20.2. The number of benzene rings is 2. The summed E-state index contributed by atoms with van der Waals surface area (Å²) in [6.45, 7) is 0.0602. The van der Waals surface area contributed by atoms with E-state index in [1.807, 2.05) is 6.07 Å². The molecule has 39 heavy (non-hydrogen) atoms. The molecule has 2 heterocycles. The van der Waals surface area contributed by atoms with Crippen LogP contribution in [0, 0.1) is 29.0 Å². The number of halogens is 4. The Morgan fingerprint density at radius 2 is 1.77 bits per heavy atom. The monoisotopic (exact) mass is 559 g/mol. The van der Waals surface area contributed by atoms with Gasteiger partial charge in [-0.3, -0.25) is 4.79 Å². The molecule has 1 amide bonds. The van der Waals surface area contributed by atoms with Crippen LogP contribution in [0.25, 0.3) is 11.1 Å². The fourth-order valence-corrected chi connectivity index (χ4v) is 6.74. The van der Waals surface area contributed by atoms with Gasteiger partial charge in [-0.05, 0) is 72.2 Å². The molecule has 0 unspecified atom stereocenters. The molecule has 13 heteroatoms. The van der Waals surface area contributed by atoms with E-state index in [2.05, 4.69) is 15.3 Å². The molecule has 5 rings (SSSR count). The summed E-state index contributed by atoms with van der Waals surface area (Å²) < 4.78 is 79.6. The van der Waals surface area contributed by atoms with Crippen LogP contribution in [0.4, 0.5) is 17.6 Å². The number of carbonyl (C=O) groups is 1. The van der Waals surface area contributed by atoms with E-state index >= 15 is 0 Å². The molecule has 2 aliphatic rings. The minimum absolute atomic E-state index is 0.0358. The zero-order valence-corrected chi connectivity index (χ0v) is 21.0. The summed E-state index contributed by atoms with van der Waals surface area (Å²) in [4.78, 5) is 19.9. The maximum absolute atomic E-state index is 13.4. The van der Waals surface area contributed by atoms with E-state index in [-0.39, 0.29) is 40.9 Å². The van der Waals surface area contributed by atoms with Crippen molar-refractivity contribution >= 4 is 15.9 Å². The van der Waals surface area contributed by atoms with E-state index in [1.54, 1.807) is 6.07 Å². The molecule has 2 fully saturated rings. The van der Waals surface area contributed by atoms with Crippen LogP contribution in [0.2, 0.25) is 0 Å². The Hall–Kier alpha value is -3.89. The third-order valence-corrected chi connectivity index (χ3v) is 9.07. The first kappa shape index (κ1) is 26.7. The summed E-state index contributed by atoms with van der Waals surface area (Å²) in [6, 6.07) is 10.0. The quantitative estimate of drug-likeness (QED) is 0.458. The smallest absolute Gasteiger partial charge is 0.351 e. The van der Waals surface area contributed by atoms with E-state index < -0.39 is 39.8 Å². The maximum Gasteiger partial charge on any atom is 0.451 e. The van der Waals surface area contributed by atoms with Crippen LogP contribution in [0.3, 0.4) is 0 Å². The summed E-state index contributed by atoms with van der Waals surface area (Å²) in [5.41, 5.74) is 1.34. The number of hydrogen-bond acceptors (Lipinski definition) is 6. The Balaban J connectivity index is 1.36. The van der Waals surface area contributed by atoms with Crippen molar-refractivity contribution in [2.45, 2.75) is 36.5 Å². The minimum Gasteiger partial charge on any atom is -0.351 e. The number of nitrogens with zero attached hydrogens (tertiary/aromatic N) is 4. The van der Waals surface area contributed by atoms with Crippen LogP contribution in [-0.4, -0.2) is 41.2 Å². The van der Waals surface area contributed by atoms with Crippen molar-refractivity contribution in [1.29, 1.82) is 5.26 Å². The van der Waals surface area contributed by atoms with Crippen molar-refractivity contribution in [3.63, 3.8) is 0 Å². The van der Waals surface area contributed by atoms with E-state index in [0.717, 1.165) is 43.1 Å². The van der Waals surface area contributed by atoms with Gasteiger partial charge in [0.15, 0.2) is 0 Å². The molecule has 0 spiro atoms. The molecular formula is C26H21F4N5O3S. The summed E-state index contributed by atoms with van der Waals surface area (Å²) in [5, 5.41) is 12.3. The molecular weight excluding hydrogens is 538 g/mol. The standard InChI is InChI=1S/C26H21F4N5O3S/c27-20-4-6-21(7-5-20)39(37,38)35-14-17-3-8-22(17)23(35)24(36)32-11-18-9-15(1-2-16(18)10-31)19-12-33-25(34-13-19)26(28,29)30/h1-2,4-7,9,12-13,17,22-23H,3,8,11,14H2,(H,32,36)/t17-,22-,23-/m0/s1. The van der Waals surface area contributed by atoms with E-state index in [0.29, 0.717) is 17.5 Å². The number of fused-ring (bicyclic) bond motifs is 1. The van der Waals surface area contributed by atoms with Crippen LogP contribution < -0.4 is 5.32 Å². The minimum atomic E-state index is -4.68. The molecule has 1 saturated heterocycles. The van der Waals surface area contributed by atoms with E-state index in [1.165, 1.54) is 16.4 Å². The Kier molecular flexibility index (Phi) is 6.86. The molecule has 1 aliphatic carbocycles. The highest BCUT2D eigenvalue weighted by Crippen LogP contribution is 2.46. The number of nitrogens with one attached hydrogen (secondary N) is 1. The second-order valence-electron chi connectivity index (χ2n) is 9.47. The lowest BCUT2D eigenvalue weighted by atomic mass is 9.73. The Bertz CT molecular complexity index is 1550. The lowest BCUT2D eigenvalue weighted by Gasteiger charge is -2.33. The van der Waals surface area contributed by atoms with Crippen LogP contribution >= 0.6 is 0 Å². The Morgan fingerprint density at radius 1 is 1.08 bits per heavy atom. The second kappa shape index (κ2) is 10.0. The average Bonchev–Trinajstić information content (AvgIpc) is 3.17. The van der Waals surface area contributed by atoms with Crippen molar-refractivity contribution in [1.82, 2.24) is 19.6 Å². The van der Waals surface area contributed by atoms with Gasteiger partial charge in [-0.1, -0.05) is 6.07 Å². The molecule has 0 radical (unpaired) electrons. The van der Waals surface area contributed by atoms with Crippen molar-refractivity contribution in [3.8, 4) is 17.2 Å². The fourth-order valence-electron chi connectivity index (χ4n) is 5.05. The number of carbonyl (C=O) groups excluding carboxylic acids is 1. The van der Waals surface area contributed by atoms with Gasteiger partial charge in [-0.2, -0.15) is 22.7 Å². The highest BCUT2D eigenvalue weighted by atomic mass is 32.2. The SMILES string of the molecule is N#Cc1ccc(-c2cnc(C(F)(F)F)nc2)cc1CNC(=O)[C@@H]1[C@H]2CC[C@H]2CN1S(=O)(=O)c1ccc(F)cc1. The predicted molar refractivity (Wildman–Crippen MR) is 129 cm³/mol. The number of amides is 1. The first-order valence-corrected chi connectivity index (χ1v) is 13.4. The number of sulfonamides is 1. The molecule has 1 aliphatic heterocycles. The van der Waals surface area contributed by atoms with Gasteiger partial charge in [0.25, 0.3) is 0 Å². The molecule has 2 aromatic carbocycles. The summed E-state index contributed by atoms with van der Waals surface area (Å²) in [5.74, 6) is -2.51. The zero-order chi connectivity index (χ0) is 27.9. The largest absolute Gasteiger partial charge is 0.451 e. The number of aromatic nitrogens is 2. The van der Waals surface area contributed by atoms with Gasteiger partial charge in [0.05, 0.1) is 16.5 Å². The van der Waals surface area contributed by atoms with Crippen molar-refractivity contribution < 1.29 is 30.8 Å². The predicted octanol–water partition coefficient (Wildman–Crippen LogP) is 3.89. The van der Waals surface area contributed by atoms with Gasteiger partial charge in [0.2, 0.25) is 21.8 Å². The lowest BCUT2D eigenvalue weighted by molar-refractivity contribution is -0.145. The first-order valence-electron chi connectivity index (χ1n) is 12.0. The Labute approximate surface area is 221 Å². The molecule has 0 bridgehead atoms. The molecule has 8 nitrogen and oxygen atoms in total. The van der Waals surface area contributed by atoms with Crippen LogP contribution in [-0.2, 0) is 27.5 Å². The molecule has 3 aromatic rings. The van der Waals surface area contributed by atoms with Gasteiger partial charge in [0.1, 0.15) is 11.9 Å². The number of alkyl halides is 3. The van der Waals surface area contributed by atoms with Crippen LogP contribution in [0.15, 0.2) is 59.8 Å². The number of hydrogen-bond donors (Lipinski definition) is 1. The van der Waals surface area contributed by atoms with Crippen molar-refractivity contribution in [2.75, 3.05) is 6.54 Å². The first-order chi connectivity index (χ1) is 18.5. The third-order valence-electron chi connectivity index (χ3n) is 7.21. The van der Waals surface area contributed by atoms with E-state index in [9.17, 15) is 36.0 Å². The van der Waals surface area contributed by atoms with Crippen LogP contribution in [0.1, 0.15) is 29.8 Å². The normalized spacial score (nSPS) is 21.1. The molecule has 202 valence electrons. The lowest BCUT2D eigenvalue weighted by Crippen LogP contribution is -2.49. The Morgan fingerprint density at radius 3 is 2.36 bits per heavy atom. The fraction of sp³-hybridized carbons (Fsp3) is 0.308. The summed E-state index contributed by atoms with van der Waals surface area (Å²) in [6.07, 6.45) is -1.17. The number of nitriles is 1. The topological polar surface area (TPSA) is 116 Å². The molecule has 3 atom stereocenters. The molecule has 1 aromatic heterocycles. The van der Waals surface area contributed by atoms with Crippen molar-refractivity contribution in [3.05, 3.63) is 77.6 Å². The summed E-state index contributed by atoms with van der Waals surface area (Å²) >= 11 is 0. The highest BCUT2D eigenvalue weighted by Gasteiger charge is 2.54. The van der Waals surface area contributed by atoms with Gasteiger partial charge in [-0.25, -0.2) is 22.8 Å². The van der Waals surface area contributed by atoms with Gasteiger partial charge in [-0.15, -0.1) is 0 Å². The van der Waals surface area contributed by atoms with Gasteiger partial charge < -0.3 is 5.32 Å². The molecule has 1 N–H and O–H groups in total. The molecule has 1 saturated carbocycles. The second-order valence-corrected chi connectivity index (χ2v) is 11.4. The number of rotatable bonds is 6. The van der Waals surface area contributed by atoms with Gasteiger partial charge in [0, 0.05) is 31.0 Å².